The van der Waals surface area contributed by atoms with Gasteiger partial charge in [0, 0.05) is 25.6 Å². The number of carbonyl (C=O) groups excluding carboxylic acids is 1. The second-order valence-corrected chi connectivity index (χ2v) is 8.45. The van der Waals surface area contributed by atoms with Crippen LogP contribution in [0.2, 0.25) is 0 Å². The summed E-state index contributed by atoms with van der Waals surface area (Å²) in [5.41, 5.74) is 0.578. The average molecular weight is 306 g/mol. The molecule has 4 saturated carbocycles. The normalized spacial score (nSPS) is 43.3. The third-order valence-electron chi connectivity index (χ3n) is 6.57. The predicted molar refractivity (Wildman–Crippen MR) is 85.5 cm³/mol. The van der Waals surface area contributed by atoms with E-state index in [0.717, 1.165) is 37.5 Å². The van der Waals surface area contributed by atoms with Crippen molar-refractivity contribution in [2.75, 3.05) is 26.3 Å². The molecule has 22 heavy (non-hydrogen) atoms. The second kappa shape index (κ2) is 6.12. The number of morpholine rings is 1. The zero-order valence-electron chi connectivity index (χ0n) is 13.6. The lowest BCUT2D eigenvalue weighted by Crippen LogP contribution is -2.48. The molecule has 4 heteroatoms. The van der Waals surface area contributed by atoms with Crippen molar-refractivity contribution < 1.29 is 9.53 Å². The molecule has 5 aliphatic rings. The number of ether oxygens (including phenoxy) is 1. The summed E-state index contributed by atoms with van der Waals surface area (Å²) in [6.45, 7) is 3.18. The van der Waals surface area contributed by atoms with Gasteiger partial charge in [0.25, 0.3) is 0 Å². The molecule has 2 N–H and O–H groups in total. The van der Waals surface area contributed by atoms with Gasteiger partial charge in [0.05, 0.1) is 13.2 Å². The first-order valence-electron chi connectivity index (χ1n) is 9.29. The third kappa shape index (κ3) is 3.18. The molecule has 1 saturated heterocycles. The van der Waals surface area contributed by atoms with Gasteiger partial charge in [-0.2, -0.15) is 0 Å². The molecule has 5 fully saturated rings. The summed E-state index contributed by atoms with van der Waals surface area (Å²) in [6.07, 6.45) is 10.6. The van der Waals surface area contributed by atoms with E-state index in [-0.39, 0.29) is 11.9 Å². The summed E-state index contributed by atoms with van der Waals surface area (Å²) in [4.78, 5) is 12.1. The predicted octanol–water partition coefficient (Wildman–Crippen LogP) is 2.09. The van der Waals surface area contributed by atoms with Gasteiger partial charge in [0.15, 0.2) is 0 Å². The lowest BCUT2D eigenvalue weighted by molar-refractivity contribution is -0.122. The monoisotopic (exact) mass is 306 g/mol. The van der Waals surface area contributed by atoms with Crippen LogP contribution in [0.4, 0.5) is 0 Å². The number of carbonyl (C=O) groups is 1. The Kier molecular flexibility index (Phi) is 4.16. The number of rotatable bonds is 5. The van der Waals surface area contributed by atoms with Crippen LogP contribution in [0.15, 0.2) is 0 Å². The van der Waals surface area contributed by atoms with Gasteiger partial charge in [-0.25, -0.2) is 0 Å². The maximum atomic E-state index is 12.1. The molecule has 0 aromatic carbocycles. The van der Waals surface area contributed by atoms with E-state index in [1.54, 1.807) is 0 Å². The van der Waals surface area contributed by atoms with Gasteiger partial charge in [-0.3, -0.25) is 4.79 Å². The van der Waals surface area contributed by atoms with Crippen LogP contribution in [0.25, 0.3) is 0 Å². The van der Waals surface area contributed by atoms with Crippen LogP contribution in [0, 0.1) is 23.2 Å². The molecule has 4 bridgehead atoms. The first kappa shape index (κ1) is 14.9. The highest BCUT2D eigenvalue weighted by atomic mass is 16.5. The van der Waals surface area contributed by atoms with E-state index in [4.69, 9.17) is 4.74 Å². The number of hydrogen-bond acceptors (Lipinski definition) is 3. The SMILES string of the molecule is O=C(CC1COCCN1)NCCC12CC3CC(CC(C3)C1)C2. The summed E-state index contributed by atoms with van der Waals surface area (Å²) in [5.74, 6) is 3.20. The van der Waals surface area contributed by atoms with Crippen molar-refractivity contribution in [2.45, 2.75) is 57.4 Å². The van der Waals surface area contributed by atoms with Crippen LogP contribution in [0.3, 0.4) is 0 Å². The minimum absolute atomic E-state index is 0.188. The molecule has 1 heterocycles. The summed E-state index contributed by atoms with van der Waals surface area (Å²) in [6, 6.07) is 0.202. The molecule has 4 aliphatic carbocycles. The first-order valence-corrected chi connectivity index (χ1v) is 9.29. The Labute approximate surface area is 133 Å². The van der Waals surface area contributed by atoms with E-state index < -0.39 is 0 Å². The van der Waals surface area contributed by atoms with Crippen LogP contribution in [0.1, 0.15) is 51.4 Å². The van der Waals surface area contributed by atoms with E-state index in [0.29, 0.717) is 18.4 Å². The summed E-state index contributed by atoms with van der Waals surface area (Å²) in [5, 5.41) is 6.52. The van der Waals surface area contributed by atoms with Crippen molar-refractivity contribution in [3.05, 3.63) is 0 Å². The Morgan fingerprint density at radius 2 is 1.82 bits per heavy atom. The van der Waals surface area contributed by atoms with E-state index in [1.807, 2.05) is 0 Å². The third-order valence-corrected chi connectivity index (χ3v) is 6.57. The van der Waals surface area contributed by atoms with Crippen molar-refractivity contribution in [1.82, 2.24) is 10.6 Å². The summed E-state index contributed by atoms with van der Waals surface area (Å²) >= 11 is 0. The van der Waals surface area contributed by atoms with E-state index >= 15 is 0 Å². The van der Waals surface area contributed by atoms with E-state index in [2.05, 4.69) is 10.6 Å². The molecule has 0 spiro atoms. The van der Waals surface area contributed by atoms with Crippen molar-refractivity contribution in [3.63, 3.8) is 0 Å². The Balaban J connectivity index is 1.22. The first-order chi connectivity index (χ1) is 10.7. The van der Waals surface area contributed by atoms with Gasteiger partial charge in [-0.15, -0.1) is 0 Å². The van der Waals surface area contributed by atoms with Gasteiger partial charge >= 0.3 is 0 Å². The van der Waals surface area contributed by atoms with Gasteiger partial charge in [0.2, 0.25) is 5.91 Å². The lowest BCUT2D eigenvalue weighted by atomic mass is 9.49. The Morgan fingerprint density at radius 1 is 1.14 bits per heavy atom. The number of amides is 1. The Bertz CT molecular complexity index is 382. The van der Waals surface area contributed by atoms with Crippen molar-refractivity contribution in [3.8, 4) is 0 Å². The minimum Gasteiger partial charge on any atom is -0.378 e. The highest BCUT2D eigenvalue weighted by Gasteiger charge is 2.50. The molecular formula is C18H30N2O2. The van der Waals surface area contributed by atoms with Gasteiger partial charge in [0.1, 0.15) is 0 Å². The standard InChI is InChI=1S/C18H30N2O2/c21-17(8-16-12-22-4-3-19-16)20-2-1-18-9-13-5-14(10-18)7-15(6-13)11-18/h13-16,19H,1-12H2,(H,20,21). The van der Waals surface area contributed by atoms with Gasteiger partial charge in [-0.1, -0.05) is 0 Å². The minimum atomic E-state index is 0.188. The quantitative estimate of drug-likeness (QED) is 0.818. The molecule has 1 aliphatic heterocycles. The molecule has 0 radical (unpaired) electrons. The van der Waals surface area contributed by atoms with Crippen LogP contribution in [0.5, 0.6) is 0 Å². The highest BCUT2D eigenvalue weighted by Crippen LogP contribution is 2.61. The van der Waals surface area contributed by atoms with E-state index in [1.165, 1.54) is 44.9 Å². The molecule has 0 aromatic heterocycles. The van der Waals surface area contributed by atoms with E-state index in [9.17, 15) is 4.79 Å². The molecule has 0 aromatic rings. The Morgan fingerprint density at radius 3 is 2.41 bits per heavy atom. The van der Waals surface area contributed by atoms with Crippen LogP contribution >= 0.6 is 0 Å². The van der Waals surface area contributed by atoms with Crippen LogP contribution < -0.4 is 10.6 Å². The molecule has 1 unspecified atom stereocenters. The molecule has 1 atom stereocenters. The molecule has 5 rings (SSSR count). The Hall–Kier alpha value is -0.610. The zero-order chi connectivity index (χ0) is 15.0. The maximum absolute atomic E-state index is 12.1. The fourth-order valence-electron chi connectivity index (χ4n) is 6.11. The topological polar surface area (TPSA) is 50.4 Å². The van der Waals surface area contributed by atoms with Crippen LogP contribution in [-0.2, 0) is 9.53 Å². The lowest BCUT2D eigenvalue weighted by Gasteiger charge is -2.57. The smallest absolute Gasteiger partial charge is 0.221 e. The van der Waals surface area contributed by atoms with Gasteiger partial charge in [-0.05, 0) is 68.1 Å². The maximum Gasteiger partial charge on any atom is 0.221 e. The fourth-order valence-corrected chi connectivity index (χ4v) is 6.11. The summed E-state index contributed by atoms with van der Waals surface area (Å²) in [7, 11) is 0. The fraction of sp³-hybridized carbons (Fsp3) is 0.944. The molecule has 124 valence electrons. The highest BCUT2D eigenvalue weighted by molar-refractivity contribution is 5.76. The van der Waals surface area contributed by atoms with Gasteiger partial charge < -0.3 is 15.4 Å². The number of nitrogens with one attached hydrogen (secondary N) is 2. The van der Waals surface area contributed by atoms with Crippen molar-refractivity contribution in [2.24, 2.45) is 23.2 Å². The van der Waals surface area contributed by atoms with Crippen LogP contribution in [-0.4, -0.2) is 38.3 Å². The molecule has 1 amide bonds. The average Bonchev–Trinajstić information content (AvgIpc) is 2.46. The zero-order valence-corrected chi connectivity index (χ0v) is 13.6. The number of hydrogen-bond donors (Lipinski definition) is 2. The van der Waals surface area contributed by atoms with Crippen molar-refractivity contribution in [1.29, 1.82) is 0 Å². The second-order valence-electron chi connectivity index (χ2n) is 8.45. The largest absolute Gasteiger partial charge is 0.378 e. The summed E-state index contributed by atoms with van der Waals surface area (Å²) < 4.78 is 5.41. The van der Waals surface area contributed by atoms with Crippen molar-refractivity contribution >= 4 is 5.91 Å². The molecular weight excluding hydrogens is 276 g/mol. The molecule has 4 nitrogen and oxygen atoms in total.